The number of carbonyl (C=O) groups is 1. The Morgan fingerprint density at radius 2 is 2.12 bits per heavy atom. The fourth-order valence-corrected chi connectivity index (χ4v) is 4.18. The van der Waals surface area contributed by atoms with Crippen LogP contribution in [0.1, 0.15) is 39.0 Å². The summed E-state index contributed by atoms with van der Waals surface area (Å²) in [5, 5.41) is 0. The lowest BCUT2D eigenvalue weighted by Gasteiger charge is -2.24. The van der Waals surface area contributed by atoms with E-state index in [1.807, 2.05) is 4.90 Å². The molecule has 0 radical (unpaired) electrons. The van der Waals surface area contributed by atoms with E-state index in [0.29, 0.717) is 17.7 Å². The van der Waals surface area contributed by atoms with Gasteiger partial charge in [-0.2, -0.15) is 0 Å². The van der Waals surface area contributed by atoms with E-state index < -0.39 is 0 Å². The maximum absolute atomic E-state index is 12.2. The van der Waals surface area contributed by atoms with Crippen LogP contribution in [0.25, 0.3) is 0 Å². The predicted molar refractivity (Wildman–Crippen MR) is 67.3 cm³/mol. The SMILES string of the molecule is CC1CN(C(=O)CC2CC3CCC2C3)CC1N. The molecule has 0 spiro atoms. The summed E-state index contributed by atoms with van der Waals surface area (Å²) in [6.45, 7) is 3.80. The van der Waals surface area contributed by atoms with Gasteiger partial charge in [0.15, 0.2) is 0 Å². The second-order valence-electron chi connectivity index (χ2n) is 6.58. The number of hydrogen-bond acceptors (Lipinski definition) is 2. The molecule has 2 N–H and O–H groups in total. The quantitative estimate of drug-likeness (QED) is 0.792. The zero-order chi connectivity index (χ0) is 12.0. The highest BCUT2D eigenvalue weighted by molar-refractivity contribution is 5.77. The molecule has 3 heteroatoms. The third-order valence-corrected chi connectivity index (χ3v) is 5.34. The van der Waals surface area contributed by atoms with E-state index in [1.54, 1.807) is 0 Å². The first kappa shape index (κ1) is 11.5. The van der Waals surface area contributed by atoms with E-state index >= 15 is 0 Å². The molecule has 96 valence electrons. The molecule has 2 bridgehead atoms. The number of likely N-dealkylation sites (tertiary alicyclic amines) is 1. The van der Waals surface area contributed by atoms with E-state index in [2.05, 4.69) is 6.92 Å². The molecule has 1 aliphatic heterocycles. The van der Waals surface area contributed by atoms with Crippen molar-refractivity contribution in [2.24, 2.45) is 29.4 Å². The van der Waals surface area contributed by atoms with Crippen LogP contribution in [0, 0.1) is 23.7 Å². The van der Waals surface area contributed by atoms with Gasteiger partial charge < -0.3 is 10.6 Å². The number of amides is 1. The van der Waals surface area contributed by atoms with Crippen molar-refractivity contribution in [2.45, 2.75) is 45.1 Å². The van der Waals surface area contributed by atoms with Crippen molar-refractivity contribution >= 4 is 5.91 Å². The van der Waals surface area contributed by atoms with E-state index in [0.717, 1.165) is 31.3 Å². The third-order valence-electron chi connectivity index (χ3n) is 5.34. The number of nitrogens with two attached hydrogens (primary N) is 1. The Kier molecular flexibility index (Phi) is 2.89. The van der Waals surface area contributed by atoms with Crippen LogP contribution < -0.4 is 5.73 Å². The molecular formula is C14H24N2O. The highest BCUT2D eigenvalue weighted by Gasteiger charge is 2.41. The first-order valence-corrected chi connectivity index (χ1v) is 7.17. The minimum atomic E-state index is 0.193. The monoisotopic (exact) mass is 236 g/mol. The summed E-state index contributed by atoms with van der Waals surface area (Å²) in [4.78, 5) is 14.2. The Balaban J connectivity index is 1.54. The summed E-state index contributed by atoms with van der Waals surface area (Å²) in [7, 11) is 0. The molecule has 0 aromatic rings. The van der Waals surface area contributed by atoms with Gasteiger partial charge in [0.25, 0.3) is 0 Å². The molecule has 5 unspecified atom stereocenters. The number of fused-ring (bicyclic) bond motifs is 2. The lowest BCUT2D eigenvalue weighted by Crippen LogP contribution is -2.33. The van der Waals surface area contributed by atoms with E-state index in [9.17, 15) is 4.79 Å². The van der Waals surface area contributed by atoms with E-state index in [4.69, 9.17) is 5.73 Å². The van der Waals surface area contributed by atoms with Crippen molar-refractivity contribution in [3.63, 3.8) is 0 Å². The van der Waals surface area contributed by atoms with Crippen LogP contribution in [-0.2, 0) is 4.79 Å². The minimum absolute atomic E-state index is 0.193. The molecular weight excluding hydrogens is 212 g/mol. The maximum Gasteiger partial charge on any atom is 0.222 e. The second-order valence-corrected chi connectivity index (χ2v) is 6.58. The van der Waals surface area contributed by atoms with Gasteiger partial charge in [-0.1, -0.05) is 13.3 Å². The first-order valence-electron chi connectivity index (χ1n) is 7.17. The fourth-order valence-electron chi connectivity index (χ4n) is 4.18. The zero-order valence-electron chi connectivity index (χ0n) is 10.8. The predicted octanol–water partition coefficient (Wildman–Crippen LogP) is 1.62. The van der Waals surface area contributed by atoms with Gasteiger partial charge in [0, 0.05) is 25.6 Å². The smallest absolute Gasteiger partial charge is 0.222 e. The first-order chi connectivity index (χ1) is 8.13. The van der Waals surface area contributed by atoms with Crippen LogP contribution in [0.2, 0.25) is 0 Å². The summed E-state index contributed by atoms with van der Waals surface area (Å²) in [6, 6.07) is 0.193. The molecule has 0 aromatic carbocycles. The average Bonchev–Trinajstić information content (AvgIpc) is 2.95. The summed E-state index contributed by atoms with van der Waals surface area (Å²) >= 11 is 0. The van der Waals surface area contributed by atoms with Crippen LogP contribution in [-0.4, -0.2) is 29.9 Å². The lowest BCUT2D eigenvalue weighted by molar-refractivity contribution is -0.131. The van der Waals surface area contributed by atoms with Crippen molar-refractivity contribution in [1.29, 1.82) is 0 Å². The highest BCUT2D eigenvalue weighted by Crippen LogP contribution is 2.49. The zero-order valence-corrected chi connectivity index (χ0v) is 10.8. The Bertz CT molecular complexity index is 307. The molecule has 1 amide bonds. The summed E-state index contributed by atoms with van der Waals surface area (Å²) in [5.41, 5.74) is 5.98. The van der Waals surface area contributed by atoms with Crippen molar-refractivity contribution in [2.75, 3.05) is 13.1 Å². The molecule has 3 nitrogen and oxygen atoms in total. The van der Waals surface area contributed by atoms with Crippen molar-refractivity contribution in [3.05, 3.63) is 0 Å². The Morgan fingerprint density at radius 3 is 2.65 bits per heavy atom. The van der Waals surface area contributed by atoms with Crippen molar-refractivity contribution < 1.29 is 4.79 Å². The fraction of sp³-hybridized carbons (Fsp3) is 0.929. The molecule has 2 saturated carbocycles. The molecule has 0 aromatic heterocycles. The maximum atomic E-state index is 12.2. The Labute approximate surface area is 104 Å². The minimum Gasteiger partial charge on any atom is -0.341 e. The largest absolute Gasteiger partial charge is 0.341 e. The van der Waals surface area contributed by atoms with Gasteiger partial charge in [-0.3, -0.25) is 4.79 Å². The molecule has 3 aliphatic rings. The van der Waals surface area contributed by atoms with Crippen LogP contribution >= 0.6 is 0 Å². The number of hydrogen-bond donors (Lipinski definition) is 1. The number of rotatable bonds is 2. The number of nitrogens with zero attached hydrogens (tertiary/aromatic N) is 1. The molecule has 1 saturated heterocycles. The van der Waals surface area contributed by atoms with Gasteiger partial charge in [0.2, 0.25) is 5.91 Å². The van der Waals surface area contributed by atoms with Gasteiger partial charge in [0.1, 0.15) is 0 Å². The van der Waals surface area contributed by atoms with Gasteiger partial charge in [-0.25, -0.2) is 0 Å². The third kappa shape index (κ3) is 2.10. The van der Waals surface area contributed by atoms with Gasteiger partial charge in [0.05, 0.1) is 0 Å². The van der Waals surface area contributed by atoms with Crippen LogP contribution in [0.15, 0.2) is 0 Å². The standard InChI is InChI=1S/C14H24N2O/c1-9-7-16(8-13(9)15)14(17)6-12-5-10-2-3-11(12)4-10/h9-13H,2-8,15H2,1H3. The molecule has 3 rings (SSSR count). The number of carbonyl (C=O) groups excluding carboxylic acids is 1. The highest BCUT2D eigenvalue weighted by atomic mass is 16.2. The summed E-state index contributed by atoms with van der Waals surface area (Å²) in [5.74, 6) is 3.32. The van der Waals surface area contributed by atoms with Crippen molar-refractivity contribution in [3.8, 4) is 0 Å². The molecule has 3 fully saturated rings. The molecule has 17 heavy (non-hydrogen) atoms. The van der Waals surface area contributed by atoms with Crippen LogP contribution in [0.5, 0.6) is 0 Å². The second kappa shape index (κ2) is 4.27. The Morgan fingerprint density at radius 1 is 1.29 bits per heavy atom. The van der Waals surface area contributed by atoms with Crippen LogP contribution in [0.3, 0.4) is 0 Å². The topological polar surface area (TPSA) is 46.3 Å². The average molecular weight is 236 g/mol. The van der Waals surface area contributed by atoms with E-state index in [-0.39, 0.29) is 6.04 Å². The van der Waals surface area contributed by atoms with Gasteiger partial charge in [-0.15, -0.1) is 0 Å². The van der Waals surface area contributed by atoms with Gasteiger partial charge >= 0.3 is 0 Å². The molecule has 2 aliphatic carbocycles. The van der Waals surface area contributed by atoms with Gasteiger partial charge in [-0.05, 0) is 42.9 Å². The van der Waals surface area contributed by atoms with Crippen LogP contribution in [0.4, 0.5) is 0 Å². The molecule has 1 heterocycles. The lowest BCUT2D eigenvalue weighted by atomic mass is 9.86. The Hall–Kier alpha value is -0.570. The van der Waals surface area contributed by atoms with Crippen molar-refractivity contribution in [1.82, 2.24) is 4.90 Å². The summed E-state index contributed by atoms with van der Waals surface area (Å²) < 4.78 is 0. The molecule has 5 atom stereocenters. The normalized spacial score (nSPS) is 44.6. The summed E-state index contributed by atoms with van der Waals surface area (Å²) in [6.07, 6.45) is 6.29. The van der Waals surface area contributed by atoms with E-state index in [1.165, 1.54) is 25.7 Å².